The number of carboxylic acids is 1. The van der Waals surface area contributed by atoms with Gasteiger partial charge in [0.05, 0.1) is 6.54 Å². The van der Waals surface area contributed by atoms with Gasteiger partial charge >= 0.3 is 5.97 Å². The lowest BCUT2D eigenvalue weighted by Gasteiger charge is -2.14. The van der Waals surface area contributed by atoms with Crippen LogP contribution in [0.1, 0.15) is 22.0 Å². The molecule has 0 unspecified atom stereocenters. The number of hydrogen-bond donors (Lipinski definition) is 2. The molecule has 0 spiro atoms. The minimum atomic E-state index is -1.00. The molecule has 2 aromatic rings. The number of rotatable bonds is 6. The van der Waals surface area contributed by atoms with E-state index in [2.05, 4.69) is 5.32 Å². The minimum Gasteiger partial charge on any atom is -0.480 e. The van der Waals surface area contributed by atoms with Gasteiger partial charge in [0.15, 0.2) is 5.78 Å². The number of nitrogens with one attached hydrogen (secondary N) is 1. The number of carboxylic acid groups (broad SMARTS) is 1. The average Bonchev–Trinajstić information content (AvgIpc) is 2.49. The maximum absolute atomic E-state index is 11.9. The molecule has 0 aromatic heterocycles. The van der Waals surface area contributed by atoms with Crippen LogP contribution in [0.4, 0.5) is 0 Å². The molecular weight excluding hydrogens is 254 g/mol. The molecule has 4 heteroatoms. The molecule has 102 valence electrons. The second kappa shape index (κ2) is 6.63. The fourth-order valence-electron chi connectivity index (χ4n) is 1.91. The summed E-state index contributed by atoms with van der Waals surface area (Å²) in [6, 6.07) is 16.7. The Morgan fingerprint density at radius 3 is 2.05 bits per heavy atom. The summed E-state index contributed by atoms with van der Waals surface area (Å²) >= 11 is 0. The highest BCUT2D eigenvalue weighted by atomic mass is 16.4. The number of Topliss-reactive ketones (excluding diaryl/α,β-unsaturated/α-hetero) is 1. The molecule has 0 amide bonds. The van der Waals surface area contributed by atoms with Crippen molar-refractivity contribution in [1.82, 2.24) is 5.32 Å². The van der Waals surface area contributed by atoms with E-state index >= 15 is 0 Å². The third kappa shape index (κ3) is 3.52. The van der Waals surface area contributed by atoms with Crippen molar-refractivity contribution in [3.8, 4) is 0 Å². The maximum Gasteiger partial charge on any atom is 0.325 e. The number of benzene rings is 2. The van der Waals surface area contributed by atoms with Crippen molar-refractivity contribution in [2.24, 2.45) is 0 Å². The molecule has 0 saturated carbocycles. The Labute approximate surface area is 117 Å². The van der Waals surface area contributed by atoms with E-state index in [1.54, 1.807) is 48.5 Å². The van der Waals surface area contributed by atoms with Crippen LogP contribution in [0.25, 0.3) is 0 Å². The van der Waals surface area contributed by atoms with Crippen LogP contribution in [0.5, 0.6) is 0 Å². The summed E-state index contributed by atoms with van der Waals surface area (Å²) < 4.78 is 0. The van der Waals surface area contributed by atoms with Gasteiger partial charge in [0, 0.05) is 5.56 Å². The van der Waals surface area contributed by atoms with Crippen molar-refractivity contribution in [3.05, 3.63) is 71.8 Å². The first kappa shape index (κ1) is 14.0. The van der Waals surface area contributed by atoms with Crippen molar-refractivity contribution < 1.29 is 14.7 Å². The van der Waals surface area contributed by atoms with Gasteiger partial charge in [-0.15, -0.1) is 0 Å². The fourth-order valence-corrected chi connectivity index (χ4v) is 1.91. The Balaban J connectivity index is 2.04. The van der Waals surface area contributed by atoms with Gasteiger partial charge < -0.3 is 5.11 Å². The van der Waals surface area contributed by atoms with Gasteiger partial charge in [-0.25, -0.2) is 0 Å². The van der Waals surface area contributed by atoms with E-state index in [4.69, 9.17) is 0 Å². The molecule has 4 nitrogen and oxygen atoms in total. The van der Waals surface area contributed by atoms with Gasteiger partial charge in [0.1, 0.15) is 6.04 Å². The molecule has 2 N–H and O–H groups in total. The lowest BCUT2D eigenvalue weighted by molar-refractivity contribution is -0.139. The highest BCUT2D eigenvalue weighted by Crippen LogP contribution is 2.12. The Morgan fingerprint density at radius 1 is 0.950 bits per heavy atom. The summed E-state index contributed by atoms with van der Waals surface area (Å²) in [5.74, 6) is -1.13. The molecule has 0 saturated heterocycles. The van der Waals surface area contributed by atoms with Gasteiger partial charge in [-0.05, 0) is 5.56 Å². The first-order valence-electron chi connectivity index (χ1n) is 6.28. The second-order valence-corrected chi connectivity index (χ2v) is 4.35. The zero-order valence-corrected chi connectivity index (χ0v) is 10.8. The summed E-state index contributed by atoms with van der Waals surface area (Å²) in [5, 5.41) is 12.0. The summed E-state index contributed by atoms with van der Waals surface area (Å²) in [7, 11) is 0. The van der Waals surface area contributed by atoms with E-state index in [1.165, 1.54) is 0 Å². The van der Waals surface area contributed by atoms with Gasteiger partial charge in [-0.1, -0.05) is 60.7 Å². The monoisotopic (exact) mass is 269 g/mol. The van der Waals surface area contributed by atoms with E-state index < -0.39 is 12.0 Å². The van der Waals surface area contributed by atoms with E-state index in [0.29, 0.717) is 11.1 Å². The summed E-state index contributed by atoms with van der Waals surface area (Å²) in [5.41, 5.74) is 1.19. The molecule has 1 atom stereocenters. The molecule has 0 aliphatic rings. The summed E-state index contributed by atoms with van der Waals surface area (Å²) in [4.78, 5) is 23.2. The Hall–Kier alpha value is -2.46. The Bertz CT molecular complexity index is 581. The van der Waals surface area contributed by atoms with Crippen molar-refractivity contribution in [2.75, 3.05) is 6.54 Å². The molecule has 20 heavy (non-hydrogen) atoms. The number of hydrogen-bond acceptors (Lipinski definition) is 3. The third-order valence-electron chi connectivity index (χ3n) is 2.94. The standard InChI is InChI=1S/C16H15NO3/c18-14(12-7-3-1-4-8-12)11-17-15(16(19)20)13-9-5-2-6-10-13/h1-10,15,17H,11H2,(H,19,20)/t15-/m1/s1. The molecule has 0 fully saturated rings. The van der Waals surface area contributed by atoms with Crippen molar-refractivity contribution >= 4 is 11.8 Å². The number of carbonyl (C=O) groups excluding carboxylic acids is 1. The zero-order valence-electron chi connectivity index (χ0n) is 10.8. The topological polar surface area (TPSA) is 66.4 Å². The van der Waals surface area contributed by atoms with Crippen molar-refractivity contribution in [1.29, 1.82) is 0 Å². The molecule has 0 aliphatic carbocycles. The predicted octanol–water partition coefficient (Wildman–Crippen LogP) is 2.28. The SMILES string of the molecule is O=C(CN[C@@H](C(=O)O)c1ccccc1)c1ccccc1. The molecule has 0 heterocycles. The largest absolute Gasteiger partial charge is 0.480 e. The minimum absolute atomic E-state index is 0.0180. The quantitative estimate of drug-likeness (QED) is 0.790. The molecule has 2 aromatic carbocycles. The highest BCUT2D eigenvalue weighted by molar-refractivity contribution is 5.97. The van der Waals surface area contributed by atoms with Crippen LogP contribution in [0.3, 0.4) is 0 Å². The Morgan fingerprint density at radius 2 is 1.50 bits per heavy atom. The number of ketones is 1. The Kier molecular flexibility index (Phi) is 4.63. The van der Waals surface area contributed by atoms with Gasteiger partial charge in [-0.3, -0.25) is 14.9 Å². The van der Waals surface area contributed by atoms with Crippen LogP contribution in [0, 0.1) is 0 Å². The molecule has 0 aliphatic heterocycles. The lowest BCUT2D eigenvalue weighted by Crippen LogP contribution is -2.32. The second-order valence-electron chi connectivity index (χ2n) is 4.35. The molecule has 2 rings (SSSR count). The smallest absolute Gasteiger partial charge is 0.325 e. The zero-order chi connectivity index (χ0) is 14.4. The maximum atomic E-state index is 11.9. The van der Waals surface area contributed by atoms with Crippen LogP contribution in [-0.4, -0.2) is 23.4 Å². The van der Waals surface area contributed by atoms with Crippen LogP contribution in [0.2, 0.25) is 0 Å². The average molecular weight is 269 g/mol. The summed E-state index contributed by atoms with van der Waals surface area (Å²) in [6.07, 6.45) is 0. The predicted molar refractivity (Wildman–Crippen MR) is 75.6 cm³/mol. The van der Waals surface area contributed by atoms with Crippen LogP contribution in [-0.2, 0) is 4.79 Å². The number of aliphatic carboxylic acids is 1. The highest BCUT2D eigenvalue weighted by Gasteiger charge is 2.20. The fraction of sp³-hybridized carbons (Fsp3) is 0.125. The van der Waals surface area contributed by atoms with Crippen LogP contribution >= 0.6 is 0 Å². The van der Waals surface area contributed by atoms with Crippen molar-refractivity contribution in [3.63, 3.8) is 0 Å². The van der Waals surface area contributed by atoms with Gasteiger partial charge in [0.25, 0.3) is 0 Å². The van der Waals surface area contributed by atoms with Gasteiger partial charge in [-0.2, -0.15) is 0 Å². The van der Waals surface area contributed by atoms with E-state index in [0.717, 1.165) is 0 Å². The van der Waals surface area contributed by atoms with E-state index in [-0.39, 0.29) is 12.3 Å². The van der Waals surface area contributed by atoms with Gasteiger partial charge in [0.2, 0.25) is 0 Å². The first-order valence-corrected chi connectivity index (χ1v) is 6.28. The summed E-state index contributed by atoms with van der Waals surface area (Å²) in [6.45, 7) is -0.0180. The number of carbonyl (C=O) groups is 2. The first-order chi connectivity index (χ1) is 9.68. The normalized spacial score (nSPS) is 11.8. The van der Waals surface area contributed by atoms with Crippen LogP contribution < -0.4 is 5.32 Å². The van der Waals surface area contributed by atoms with Crippen molar-refractivity contribution in [2.45, 2.75) is 6.04 Å². The van der Waals surface area contributed by atoms with E-state index in [9.17, 15) is 14.7 Å². The van der Waals surface area contributed by atoms with Crippen LogP contribution in [0.15, 0.2) is 60.7 Å². The lowest BCUT2D eigenvalue weighted by atomic mass is 10.1. The molecule has 0 bridgehead atoms. The third-order valence-corrected chi connectivity index (χ3v) is 2.94. The molecular formula is C16H15NO3. The molecule has 0 radical (unpaired) electrons. The van der Waals surface area contributed by atoms with E-state index in [1.807, 2.05) is 12.1 Å².